The Bertz CT molecular complexity index is 292. The molecule has 0 bridgehead atoms. The molecule has 2 aliphatic rings. The summed E-state index contributed by atoms with van der Waals surface area (Å²) in [5.74, 6) is 0.236. The molecule has 2 rings (SSSR count). The third-order valence-electron chi connectivity index (χ3n) is 4.57. The second-order valence-corrected chi connectivity index (χ2v) is 6.05. The summed E-state index contributed by atoms with van der Waals surface area (Å²) < 4.78 is 5.51. The van der Waals surface area contributed by atoms with Crippen LogP contribution >= 0.6 is 0 Å². The number of ether oxygens (including phenoxy) is 1. The number of hydrogen-bond donors (Lipinski definition) is 2. The van der Waals surface area contributed by atoms with E-state index in [0.717, 1.165) is 51.8 Å². The average Bonchev–Trinajstić information content (AvgIpc) is 2.39. The van der Waals surface area contributed by atoms with Crippen molar-refractivity contribution in [2.75, 3.05) is 26.3 Å². The van der Waals surface area contributed by atoms with E-state index in [1.165, 1.54) is 0 Å². The van der Waals surface area contributed by atoms with Gasteiger partial charge >= 0.3 is 0 Å². The van der Waals surface area contributed by atoms with Gasteiger partial charge in [0, 0.05) is 6.61 Å². The van der Waals surface area contributed by atoms with Crippen LogP contribution < -0.4 is 10.6 Å². The minimum absolute atomic E-state index is 0.161. The topological polar surface area (TPSA) is 50.4 Å². The lowest BCUT2D eigenvalue weighted by molar-refractivity contribution is -0.136. The van der Waals surface area contributed by atoms with Crippen LogP contribution in [0.2, 0.25) is 0 Å². The third kappa shape index (κ3) is 2.86. The van der Waals surface area contributed by atoms with Gasteiger partial charge < -0.3 is 15.4 Å². The van der Waals surface area contributed by atoms with Gasteiger partial charge in [-0.15, -0.1) is 0 Å². The molecule has 1 amide bonds. The van der Waals surface area contributed by atoms with E-state index in [2.05, 4.69) is 24.5 Å². The lowest BCUT2D eigenvalue weighted by Crippen LogP contribution is -2.57. The average molecular weight is 254 g/mol. The van der Waals surface area contributed by atoms with Crippen LogP contribution in [0.15, 0.2) is 0 Å². The van der Waals surface area contributed by atoms with Gasteiger partial charge in [0.15, 0.2) is 0 Å². The maximum atomic E-state index is 12.6. The molecule has 0 spiro atoms. The molecule has 1 unspecified atom stereocenters. The van der Waals surface area contributed by atoms with E-state index < -0.39 is 0 Å². The first-order valence-electron chi connectivity index (χ1n) is 7.21. The molecule has 18 heavy (non-hydrogen) atoms. The third-order valence-corrected chi connectivity index (χ3v) is 4.57. The normalized spacial score (nSPS) is 31.9. The molecule has 2 saturated heterocycles. The standard InChI is InChI=1S/C14H26N2O2/c1-3-14(6-8-15-9-7-14)12(17)16-13(2)5-4-10-18-11-13/h15H,3-11H2,1-2H3,(H,16,17). The van der Waals surface area contributed by atoms with Crippen LogP contribution in [0.4, 0.5) is 0 Å². The molecule has 0 radical (unpaired) electrons. The quantitative estimate of drug-likeness (QED) is 0.801. The molecule has 0 saturated carbocycles. The second-order valence-electron chi connectivity index (χ2n) is 6.05. The lowest BCUT2D eigenvalue weighted by atomic mass is 9.75. The fraction of sp³-hybridized carbons (Fsp3) is 0.929. The highest BCUT2D eigenvalue weighted by Gasteiger charge is 2.41. The van der Waals surface area contributed by atoms with Gasteiger partial charge in [0.1, 0.15) is 0 Å². The van der Waals surface area contributed by atoms with E-state index in [1.54, 1.807) is 0 Å². The van der Waals surface area contributed by atoms with Gasteiger partial charge in [0.25, 0.3) is 0 Å². The maximum absolute atomic E-state index is 12.6. The zero-order valence-corrected chi connectivity index (χ0v) is 11.7. The Hall–Kier alpha value is -0.610. The maximum Gasteiger partial charge on any atom is 0.226 e. The van der Waals surface area contributed by atoms with E-state index in [1.807, 2.05) is 0 Å². The Morgan fingerprint density at radius 3 is 2.61 bits per heavy atom. The minimum Gasteiger partial charge on any atom is -0.379 e. The summed E-state index contributed by atoms with van der Waals surface area (Å²) in [6.07, 6.45) is 4.89. The van der Waals surface area contributed by atoms with Crippen LogP contribution in [0.5, 0.6) is 0 Å². The number of carbonyl (C=O) groups is 1. The van der Waals surface area contributed by atoms with Crippen molar-refractivity contribution in [3.63, 3.8) is 0 Å². The van der Waals surface area contributed by atoms with Gasteiger partial charge in [-0.1, -0.05) is 6.92 Å². The Kier molecular flexibility index (Phi) is 4.28. The predicted octanol–water partition coefficient (Wildman–Crippen LogP) is 1.45. The molecule has 2 aliphatic heterocycles. The molecule has 4 heteroatoms. The van der Waals surface area contributed by atoms with Crippen LogP contribution in [0.1, 0.15) is 46.0 Å². The largest absolute Gasteiger partial charge is 0.379 e. The highest BCUT2D eigenvalue weighted by atomic mass is 16.5. The van der Waals surface area contributed by atoms with Gasteiger partial charge in [-0.2, -0.15) is 0 Å². The summed E-state index contributed by atoms with van der Waals surface area (Å²) in [6, 6.07) is 0. The van der Waals surface area contributed by atoms with Crippen LogP contribution in [0, 0.1) is 5.41 Å². The number of piperidine rings is 1. The Balaban J connectivity index is 2.00. The van der Waals surface area contributed by atoms with Gasteiger partial charge in [-0.05, 0) is 52.1 Å². The van der Waals surface area contributed by atoms with Crippen molar-refractivity contribution < 1.29 is 9.53 Å². The highest BCUT2D eigenvalue weighted by molar-refractivity contribution is 5.83. The molecular weight excluding hydrogens is 228 g/mol. The number of rotatable bonds is 3. The van der Waals surface area contributed by atoms with E-state index in [0.29, 0.717) is 6.61 Å². The van der Waals surface area contributed by atoms with E-state index >= 15 is 0 Å². The zero-order chi connectivity index (χ0) is 13.1. The van der Waals surface area contributed by atoms with Crippen molar-refractivity contribution in [3.8, 4) is 0 Å². The number of nitrogens with one attached hydrogen (secondary N) is 2. The molecule has 104 valence electrons. The van der Waals surface area contributed by atoms with E-state index in [-0.39, 0.29) is 16.9 Å². The van der Waals surface area contributed by atoms with Gasteiger partial charge in [-0.25, -0.2) is 0 Å². The smallest absolute Gasteiger partial charge is 0.226 e. The fourth-order valence-corrected chi connectivity index (χ4v) is 3.09. The summed E-state index contributed by atoms with van der Waals surface area (Å²) in [7, 11) is 0. The highest BCUT2D eigenvalue weighted by Crippen LogP contribution is 2.34. The van der Waals surface area contributed by atoms with Crippen LogP contribution in [0.25, 0.3) is 0 Å². The predicted molar refractivity (Wildman–Crippen MR) is 71.4 cm³/mol. The van der Waals surface area contributed by atoms with Crippen molar-refractivity contribution in [1.82, 2.24) is 10.6 Å². The number of hydrogen-bond acceptors (Lipinski definition) is 3. The molecule has 2 fully saturated rings. The molecule has 4 nitrogen and oxygen atoms in total. The molecule has 2 N–H and O–H groups in total. The van der Waals surface area contributed by atoms with Crippen molar-refractivity contribution in [1.29, 1.82) is 0 Å². The van der Waals surface area contributed by atoms with Gasteiger partial charge in [0.2, 0.25) is 5.91 Å². The summed E-state index contributed by atoms with van der Waals surface area (Å²) in [5.41, 5.74) is -0.325. The summed E-state index contributed by atoms with van der Waals surface area (Å²) in [6.45, 7) is 7.62. The van der Waals surface area contributed by atoms with E-state index in [4.69, 9.17) is 4.74 Å². The monoisotopic (exact) mass is 254 g/mol. The first kappa shape index (κ1) is 13.8. The van der Waals surface area contributed by atoms with E-state index in [9.17, 15) is 4.79 Å². The first-order chi connectivity index (χ1) is 8.60. The molecule has 0 aromatic rings. The molecule has 0 aliphatic carbocycles. The zero-order valence-electron chi connectivity index (χ0n) is 11.7. The van der Waals surface area contributed by atoms with Crippen molar-refractivity contribution in [2.45, 2.75) is 51.5 Å². The minimum atomic E-state index is -0.164. The molecule has 1 atom stereocenters. The second kappa shape index (κ2) is 5.57. The Labute approximate surface area is 110 Å². The summed E-state index contributed by atoms with van der Waals surface area (Å²) in [4.78, 5) is 12.6. The van der Waals surface area contributed by atoms with Gasteiger partial charge in [-0.3, -0.25) is 4.79 Å². The van der Waals surface area contributed by atoms with Crippen LogP contribution in [0.3, 0.4) is 0 Å². The molecule has 0 aromatic carbocycles. The Morgan fingerprint density at radius 1 is 1.33 bits per heavy atom. The SMILES string of the molecule is CCC1(C(=O)NC2(C)CCCOC2)CCNCC1. The summed E-state index contributed by atoms with van der Waals surface area (Å²) >= 11 is 0. The van der Waals surface area contributed by atoms with Crippen molar-refractivity contribution >= 4 is 5.91 Å². The molecule has 0 aromatic heterocycles. The van der Waals surface area contributed by atoms with Crippen molar-refractivity contribution in [2.24, 2.45) is 5.41 Å². The van der Waals surface area contributed by atoms with Crippen molar-refractivity contribution in [3.05, 3.63) is 0 Å². The molecule has 2 heterocycles. The Morgan fingerprint density at radius 2 is 2.06 bits per heavy atom. The number of amides is 1. The van der Waals surface area contributed by atoms with Crippen LogP contribution in [-0.2, 0) is 9.53 Å². The molecular formula is C14H26N2O2. The lowest BCUT2D eigenvalue weighted by Gasteiger charge is -2.41. The van der Waals surface area contributed by atoms with Crippen LogP contribution in [-0.4, -0.2) is 37.7 Å². The fourth-order valence-electron chi connectivity index (χ4n) is 3.09. The first-order valence-corrected chi connectivity index (χ1v) is 7.21. The number of carbonyl (C=O) groups excluding carboxylic acids is 1. The van der Waals surface area contributed by atoms with Gasteiger partial charge in [0.05, 0.1) is 17.6 Å². The summed E-state index contributed by atoms with van der Waals surface area (Å²) in [5, 5.41) is 6.60.